The van der Waals surface area contributed by atoms with E-state index in [9.17, 15) is 19.1 Å². The average molecular weight is 483 g/mol. The largest absolute Gasteiger partial charge is 0.872 e. The number of hydrogen-bond acceptors (Lipinski definition) is 4. The predicted octanol–water partition coefficient (Wildman–Crippen LogP) is 2.28. The van der Waals surface area contributed by atoms with Gasteiger partial charge in [0.15, 0.2) is 11.6 Å². The van der Waals surface area contributed by atoms with Crippen LogP contribution in [0.3, 0.4) is 0 Å². The number of benzene rings is 2. The van der Waals surface area contributed by atoms with Crippen LogP contribution in [0.2, 0.25) is 0 Å². The fourth-order valence-corrected chi connectivity index (χ4v) is 4.10. The van der Waals surface area contributed by atoms with Crippen molar-refractivity contribution in [1.29, 1.82) is 0 Å². The third kappa shape index (κ3) is 5.73. The summed E-state index contributed by atoms with van der Waals surface area (Å²) in [7, 11) is 3.91. The number of halogens is 1. The van der Waals surface area contributed by atoms with E-state index in [1.807, 2.05) is 38.4 Å². The van der Waals surface area contributed by atoms with Crippen molar-refractivity contribution in [3.8, 4) is 5.75 Å². The lowest BCUT2D eigenvalue weighted by atomic mass is 9.85. The van der Waals surface area contributed by atoms with Gasteiger partial charge in [0.1, 0.15) is 0 Å². The molecular formula is C28H35FN2O4. The predicted molar refractivity (Wildman–Crippen MR) is 131 cm³/mol. The van der Waals surface area contributed by atoms with Crippen LogP contribution in [0.5, 0.6) is 5.75 Å². The molecule has 1 aliphatic heterocycles. The zero-order valence-corrected chi connectivity index (χ0v) is 21.6. The van der Waals surface area contributed by atoms with Crippen molar-refractivity contribution in [2.24, 2.45) is 0 Å². The molecular weight excluding hydrogens is 447 g/mol. The standard InChI is InChI=1S/C28H35FN2O4/c1-17(2)35-22-13-10-19(16-21(22)29)25(32)23-24(18-8-11-20(12-9-18)28(3,4)5)31(15-14-30(6)7)27(34)26(23)33/h8-13,16-17,24,32H,14-15H2,1-7H3. The minimum Gasteiger partial charge on any atom is -0.872 e. The highest BCUT2D eigenvalue weighted by Crippen LogP contribution is 2.39. The summed E-state index contributed by atoms with van der Waals surface area (Å²) in [5.41, 5.74) is 1.55. The summed E-state index contributed by atoms with van der Waals surface area (Å²) < 4.78 is 20.1. The van der Waals surface area contributed by atoms with E-state index in [0.717, 1.165) is 16.5 Å². The van der Waals surface area contributed by atoms with Crippen LogP contribution in [-0.4, -0.2) is 49.9 Å². The highest BCUT2D eigenvalue weighted by molar-refractivity contribution is 6.46. The van der Waals surface area contributed by atoms with Gasteiger partial charge in [0.25, 0.3) is 5.91 Å². The van der Waals surface area contributed by atoms with Gasteiger partial charge in [-0.05, 0) is 48.1 Å². The average Bonchev–Trinajstić information content (AvgIpc) is 3.02. The van der Waals surface area contributed by atoms with E-state index in [4.69, 9.17) is 4.74 Å². The number of ketones is 1. The Hall–Kier alpha value is -3.19. The molecule has 0 spiro atoms. The lowest BCUT2D eigenvalue weighted by Crippen LogP contribution is -3.06. The van der Waals surface area contributed by atoms with Crippen molar-refractivity contribution >= 4 is 17.4 Å². The van der Waals surface area contributed by atoms with Gasteiger partial charge in [-0.25, -0.2) is 4.39 Å². The van der Waals surface area contributed by atoms with Crippen molar-refractivity contribution in [2.75, 3.05) is 27.2 Å². The minimum atomic E-state index is -0.837. The Kier molecular flexibility index (Phi) is 7.70. The van der Waals surface area contributed by atoms with E-state index in [1.165, 1.54) is 17.0 Å². The molecule has 1 heterocycles. The minimum absolute atomic E-state index is 0.00570. The Bertz CT molecular complexity index is 1130. The number of rotatable bonds is 7. The zero-order chi connectivity index (χ0) is 26.1. The number of ether oxygens (including phenoxy) is 1. The van der Waals surface area contributed by atoms with Crippen LogP contribution in [0.25, 0.3) is 5.76 Å². The molecule has 1 N–H and O–H groups in total. The second-order valence-electron chi connectivity index (χ2n) is 10.6. The molecule has 2 aromatic rings. The second-order valence-corrected chi connectivity index (χ2v) is 10.6. The van der Waals surface area contributed by atoms with Crippen molar-refractivity contribution in [3.05, 3.63) is 70.5 Å². The van der Waals surface area contributed by atoms with Gasteiger partial charge in [0.2, 0.25) is 5.78 Å². The SMILES string of the molecule is CC(C)Oc1ccc(C([O-])=C2C(=O)C(=O)N(CC[NH+](C)C)C2c2ccc(C(C)(C)C)cc2)cc1F. The fourth-order valence-electron chi connectivity index (χ4n) is 4.10. The number of likely N-dealkylation sites (N-methyl/N-ethyl adjacent to an activating group) is 1. The van der Waals surface area contributed by atoms with E-state index >= 15 is 0 Å². The first-order valence-corrected chi connectivity index (χ1v) is 11.9. The molecule has 35 heavy (non-hydrogen) atoms. The number of carbonyl (C=O) groups excluding carboxylic acids is 2. The summed E-state index contributed by atoms with van der Waals surface area (Å²) in [5.74, 6) is -2.86. The number of nitrogens with zero attached hydrogens (tertiary/aromatic N) is 1. The fraction of sp³-hybridized carbons (Fsp3) is 0.429. The van der Waals surface area contributed by atoms with Gasteiger partial charge in [-0.2, -0.15) is 0 Å². The Labute approximate surface area is 207 Å². The smallest absolute Gasteiger partial charge is 0.295 e. The number of hydrogen-bond donors (Lipinski definition) is 1. The highest BCUT2D eigenvalue weighted by Gasteiger charge is 2.44. The molecule has 0 saturated carbocycles. The normalized spacial score (nSPS) is 18.1. The summed E-state index contributed by atoms with van der Waals surface area (Å²) in [5, 5.41) is 13.5. The van der Waals surface area contributed by atoms with Crippen LogP contribution in [0, 0.1) is 5.82 Å². The van der Waals surface area contributed by atoms with Gasteiger partial charge in [-0.3, -0.25) is 9.59 Å². The molecule has 1 unspecified atom stereocenters. The first-order valence-electron chi connectivity index (χ1n) is 11.9. The van der Waals surface area contributed by atoms with Gasteiger partial charge in [0.05, 0.1) is 39.3 Å². The number of nitrogens with one attached hydrogen (secondary N) is 1. The Morgan fingerprint density at radius 3 is 2.26 bits per heavy atom. The molecule has 188 valence electrons. The molecule has 1 fully saturated rings. The zero-order valence-electron chi connectivity index (χ0n) is 21.6. The Balaban J connectivity index is 2.12. The summed E-state index contributed by atoms with van der Waals surface area (Å²) >= 11 is 0. The van der Waals surface area contributed by atoms with Crippen molar-refractivity contribution in [2.45, 2.75) is 52.2 Å². The first kappa shape index (κ1) is 26.4. The van der Waals surface area contributed by atoms with Crippen LogP contribution < -0.4 is 14.7 Å². The summed E-state index contributed by atoms with van der Waals surface area (Å²) in [4.78, 5) is 28.7. The van der Waals surface area contributed by atoms with Gasteiger partial charge in [-0.1, -0.05) is 56.9 Å². The maximum atomic E-state index is 14.6. The molecule has 3 rings (SSSR count). The molecule has 0 aliphatic carbocycles. The van der Waals surface area contributed by atoms with Crippen LogP contribution in [0.4, 0.5) is 4.39 Å². The summed E-state index contributed by atoms with van der Waals surface area (Å²) in [6, 6.07) is 10.7. The van der Waals surface area contributed by atoms with Crippen LogP contribution in [-0.2, 0) is 15.0 Å². The molecule has 0 radical (unpaired) electrons. The topological polar surface area (TPSA) is 74.1 Å². The van der Waals surface area contributed by atoms with Crippen LogP contribution in [0.15, 0.2) is 48.0 Å². The van der Waals surface area contributed by atoms with Gasteiger partial charge < -0.3 is 19.6 Å². The van der Waals surface area contributed by atoms with Crippen molar-refractivity contribution < 1.29 is 28.7 Å². The van der Waals surface area contributed by atoms with E-state index in [-0.39, 0.29) is 28.4 Å². The maximum absolute atomic E-state index is 14.6. The molecule has 0 aromatic heterocycles. The number of quaternary nitrogens is 1. The lowest BCUT2D eigenvalue weighted by molar-refractivity contribution is -0.857. The number of amides is 1. The van der Waals surface area contributed by atoms with Crippen LogP contribution in [0.1, 0.15) is 57.4 Å². The molecule has 1 saturated heterocycles. The Morgan fingerprint density at radius 1 is 1.11 bits per heavy atom. The molecule has 1 aliphatic rings. The highest BCUT2D eigenvalue weighted by atomic mass is 19.1. The number of likely N-dealkylation sites (tertiary alicyclic amines) is 1. The van der Waals surface area contributed by atoms with E-state index in [1.54, 1.807) is 13.8 Å². The number of carbonyl (C=O) groups is 2. The third-order valence-electron chi connectivity index (χ3n) is 6.03. The molecule has 2 aromatic carbocycles. The van der Waals surface area contributed by atoms with Crippen molar-refractivity contribution in [3.63, 3.8) is 0 Å². The van der Waals surface area contributed by atoms with Gasteiger partial charge in [-0.15, -0.1) is 0 Å². The molecule has 1 amide bonds. The first-order chi connectivity index (χ1) is 16.3. The van der Waals surface area contributed by atoms with E-state index in [0.29, 0.717) is 18.7 Å². The van der Waals surface area contributed by atoms with Crippen molar-refractivity contribution in [1.82, 2.24) is 4.90 Å². The third-order valence-corrected chi connectivity index (χ3v) is 6.03. The monoisotopic (exact) mass is 482 g/mol. The Morgan fingerprint density at radius 2 is 1.74 bits per heavy atom. The van der Waals surface area contributed by atoms with E-state index in [2.05, 4.69) is 20.8 Å². The summed E-state index contributed by atoms with van der Waals surface area (Å²) in [6.45, 7) is 10.8. The number of Topliss-reactive ketones (excluding diaryl/α,β-unsaturated/α-hetero) is 1. The van der Waals surface area contributed by atoms with Crippen LogP contribution >= 0.6 is 0 Å². The lowest BCUT2D eigenvalue weighted by Gasteiger charge is -2.28. The van der Waals surface area contributed by atoms with Gasteiger partial charge >= 0.3 is 0 Å². The maximum Gasteiger partial charge on any atom is 0.295 e. The molecule has 1 atom stereocenters. The summed E-state index contributed by atoms with van der Waals surface area (Å²) in [6.07, 6.45) is -0.234. The quantitative estimate of drug-likeness (QED) is 0.373. The molecule has 0 bridgehead atoms. The van der Waals surface area contributed by atoms with Gasteiger partial charge in [0, 0.05) is 5.57 Å². The second kappa shape index (κ2) is 10.2. The molecule has 6 nitrogen and oxygen atoms in total. The molecule has 7 heteroatoms. The van der Waals surface area contributed by atoms with E-state index < -0.39 is 29.3 Å².